The number of carbonyl (C=O) groups is 1. The fraction of sp³-hybridized carbons (Fsp3) is 0.394. The Kier molecular flexibility index (Phi) is 8.46. The van der Waals surface area contributed by atoms with Gasteiger partial charge in [-0.25, -0.2) is 15.0 Å². The number of pyridine rings is 1. The van der Waals surface area contributed by atoms with Gasteiger partial charge in [-0.3, -0.25) is 10.1 Å². The summed E-state index contributed by atoms with van der Waals surface area (Å²) < 4.78 is 0. The molecule has 1 fully saturated rings. The Hall–Kier alpha value is -4.24. The van der Waals surface area contributed by atoms with Gasteiger partial charge in [0, 0.05) is 49.9 Å². The summed E-state index contributed by atoms with van der Waals surface area (Å²) in [5.74, 6) is 2.23. The smallest absolute Gasteiger partial charge is 0.322 e. The molecule has 4 heterocycles. The molecule has 1 saturated heterocycles. The highest BCUT2D eigenvalue weighted by Gasteiger charge is 2.26. The number of aromatic nitrogens is 3. The Labute approximate surface area is 246 Å². The minimum atomic E-state index is -0.899. The van der Waals surface area contributed by atoms with Crippen LogP contribution < -0.4 is 20.9 Å². The molecule has 2 aromatic carbocycles. The number of rotatable bonds is 10. The maximum absolute atomic E-state index is 12.1. The first-order valence-corrected chi connectivity index (χ1v) is 15.1. The molecular weight excluding hydrogens is 526 g/mol. The molecular formula is C33H39N7O2. The molecule has 9 heteroatoms. The van der Waals surface area contributed by atoms with Gasteiger partial charge in [-0.05, 0) is 66.1 Å². The molecule has 6 rings (SSSR count). The van der Waals surface area contributed by atoms with Gasteiger partial charge in [0.25, 0.3) is 0 Å². The van der Waals surface area contributed by atoms with E-state index in [4.69, 9.17) is 4.98 Å². The number of anilines is 3. The molecule has 2 aliphatic heterocycles. The van der Waals surface area contributed by atoms with E-state index in [2.05, 4.69) is 74.1 Å². The Morgan fingerprint density at radius 1 is 1.10 bits per heavy atom. The molecule has 0 unspecified atom stereocenters. The molecule has 0 radical (unpaired) electrons. The standard InChI is InChI=1S/C33H39N7O2/c1-2-27-31(36-20-29(33(41)42)35-19-22-9-10-23-6-3-4-7-26(23)18-22)37-21-38-32(27)40-16-13-24(14-17-40)28-12-11-25-8-5-15-34-30(25)39-28/h3-4,6-7,9-12,18,21,24,29,35H,2,5,8,13-17,19-20H2,1H3,(H,34,39)(H,41,42)(H,36,37,38)/t29-/m0/s1. The summed E-state index contributed by atoms with van der Waals surface area (Å²) in [6.07, 6.45) is 6.63. The number of fused-ring (bicyclic) bond motifs is 2. The zero-order valence-corrected chi connectivity index (χ0v) is 24.1. The van der Waals surface area contributed by atoms with Crippen molar-refractivity contribution in [1.82, 2.24) is 20.3 Å². The van der Waals surface area contributed by atoms with E-state index in [0.717, 1.165) is 73.5 Å². The first-order valence-electron chi connectivity index (χ1n) is 15.1. The minimum Gasteiger partial charge on any atom is -0.480 e. The van der Waals surface area contributed by atoms with Crippen LogP contribution in [0.15, 0.2) is 60.9 Å². The third-order valence-electron chi connectivity index (χ3n) is 8.54. The number of hydrogen-bond donors (Lipinski definition) is 4. The average Bonchev–Trinajstić information content (AvgIpc) is 3.04. The molecule has 218 valence electrons. The number of aryl methyl sites for hydroxylation is 1. The highest BCUT2D eigenvalue weighted by atomic mass is 16.4. The predicted octanol–water partition coefficient (Wildman–Crippen LogP) is 4.98. The monoisotopic (exact) mass is 565 g/mol. The van der Waals surface area contributed by atoms with Crippen LogP contribution in [0.25, 0.3) is 10.8 Å². The third kappa shape index (κ3) is 6.16. The van der Waals surface area contributed by atoms with Crippen LogP contribution in [-0.4, -0.2) is 58.2 Å². The molecule has 2 aliphatic rings. The van der Waals surface area contributed by atoms with E-state index in [0.29, 0.717) is 18.3 Å². The second-order valence-corrected chi connectivity index (χ2v) is 11.2. The van der Waals surface area contributed by atoms with Crippen LogP contribution in [0.5, 0.6) is 0 Å². The lowest BCUT2D eigenvalue weighted by Crippen LogP contribution is -2.42. The summed E-state index contributed by atoms with van der Waals surface area (Å²) in [7, 11) is 0. The lowest BCUT2D eigenvalue weighted by molar-refractivity contribution is -0.139. The first-order chi connectivity index (χ1) is 20.6. The van der Waals surface area contributed by atoms with E-state index in [1.165, 1.54) is 23.1 Å². The average molecular weight is 566 g/mol. The lowest BCUT2D eigenvalue weighted by Gasteiger charge is -2.34. The van der Waals surface area contributed by atoms with Crippen LogP contribution in [0.2, 0.25) is 0 Å². The van der Waals surface area contributed by atoms with Crippen molar-refractivity contribution in [2.75, 3.05) is 41.7 Å². The second-order valence-electron chi connectivity index (χ2n) is 11.2. The van der Waals surface area contributed by atoms with Gasteiger partial charge in [0.15, 0.2) is 0 Å². The van der Waals surface area contributed by atoms with Crippen molar-refractivity contribution in [3.8, 4) is 0 Å². The summed E-state index contributed by atoms with van der Waals surface area (Å²) in [6.45, 7) is 5.56. The lowest BCUT2D eigenvalue weighted by atomic mass is 9.92. The van der Waals surface area contributed by atoms with Crippen molar-refractivity contribution in [3.05, 3.63) is 83.3 Å². The van der Waals surface area contributed by atoms with Crippen molar-refractivity contribution >= 4 is 34.2 Å². The molecule has 1 atom stereocenters. The van der Waals surface area contributed by atoms with E-state index in [-0.39, 0.29) is 6.54 Å². The number of nitrogens with zero attached hydrogens (tertiary/aromatic N) is 4. The fourth-order valence-electron chi connectivity index (χ4n) is 6.15. The van der Waals surface area contributed by atoms with Gasteiger partial charge >= 0.3 is 5.97 Å². The summed E-state index contributed by atoms with van der Waals surface area (Å²) in [5.41, 5.74) is 4.57. The van der Waals surface area contributed by atoms with Gasteiger partial charge < -0.3 is 20.6 Å². The highest BCUT2D eigenvalue weighted by molar-refractivity contribution is 5.83. The highest BCUT2D eigenvalue weighted by Crippen LogP contribution is 2.33. The number of carboxylic acid groups (broad SMARTS) is 1. The number of piperidine rings is 1. The van der Waals surface area contributed by atoms with Gasteiger partial charge in [0.1, 0.15) is 29.8 Å². The Morgan fingerprint density at radius 2 is 1.93 bits per heavy atom. The van der Waals surface area contributed by atoms with Gasteiger partial charge in [0.05, 0.1) is 0 Å². The number of benzene rings is 2. The van der Waals surface area contributed by atoms with Gasteiger partial charge in [-0.2, -0.15) is 0 Å². The van der Waals surface area contributed by atoms with E-state index < -0.39 is 12.0 Å². The molecule has 0 aliphatic carbocycles. The summed E-state index contributed by atoms with van der Waals surface area (Å²) >= 11 is 0. The predicted molar refractivity (Wildman–Crippen MR) is 167 cm³/mol. The normalized spacial score (nSPS) is 16.1. The van der Waals surface area contributed by atoms with Crippen molar-refractivity contribution in [2.45, 2.75) is 57.5 Å². The molecule has 0 saturated carbocycles. The summed E-state index contributed by atoms with van der Waals surface area (Å²) in [4.78, 5) is 28.6. The Bertz CT molecular complexity index is 1550. The van der Waals surface area contributed by atoms with Crippen LogP contribution in [0, 0.1) is 0 Å². The summed E-state index contributed by atoms with van der Waals surface area (Å²) in [5, 5.41) is 22.2. The van der Waals surface area contributed by atoms with E-state index in [1.54, 1.807) is 6.33 Å². The number of hydrogen-bond acceptors (Lipinski definition) is 8. The van der Waals surface area contributed by atoms with E-state index in [9.17, 15) is 9.90 Å². The summed E-state index contributed by atoms with van der Waals surface area (Å²) in [6, 6.07) is 18.1. The van der Waals surface area contributed by atoms with E-state index >= 15 is 0 Å². The van der Waals surface area contributed by atoms with Crippen molar-refractivity contribution in [1.29, 1.82) is 0 Å². The van der Waals surface area contributed by atoms with Crippen molar-refractivity contribution < 1.29 is 9.90 Å². The largest absolute Gasteiger partial charge is 0.480 e. The van der Waals surface area contributed by atoms with Crippen molar-refractivity contribution in [3.63, 3.8) is 0 Å². The molecule has 0 bridgehead atoms. The number of aliphatic carboxylic acids is 1. The Morgan fingerprint density at radius 3 is 2.74 bits per heavy atom. The van der Waals surface area contributed by atoms with Crippen LogP contribution >= 0.6 is 0 Å². The third-order valence-corrected chi connectivity index (χ3v) is 8.54. The molecule has 4 aromatic rings. The Balaban J connectivity index is 1.08. The van der Waals surface area contributed by atoms with Gasteiger partial charge in [-0.15, -0.1) is 0 Å². The quantitative estimate of drug-likeness (QED) is 0.211. The maximum Gasteiger partial charge on any atom is 0.322 e. The zero-order chi connectivity index (χ0) is 28.9. The van der Waals surface area contributed by atoms with Gasteiger partial charge in [-0.1, -0.05) is 49.4 Å². The van der Waals surface area contributed by atoms with E-state index in [1.807, 2.05) is 18.2 Å². The number of nitrogens with one attached hydrogen (secondary N) is 3. The molecule has 4 N–H and O–H groups in total. The van der Waals surface area contributed by atoms with Gasteiger partial charge in [0.2, 0.25) is 0 Å². The second kappa shape index (κ2) is 12.7. The topological polar surface area (TPSA) is 115 Å². The molecule has 9 nitrogen and oxygen atoms in total. The first kappa shape index (κ1) is 27.9. The van der Waals surface area contributed by atoms with Crippen LogP contribution in [0.4, 0.5) is 17.5 Å². The maximum atomic E-state index is 12.1. The minimum absolute atomic E-state index is 0.215. The van der Waals surface area contributed by atoms with Crippen LogP contribution in [0.1, 0.15) is 54.5 Å². The van der Waals surface area contributed by atoms with Crippen molar-refractivity contribution in [2.24, 2.45) is 0 Å². The van der Waals surface area contributed by atoms with Crippen LogP contribution in [-0.2, 0) is 24.2 Å². The molecule has 0 spiro atoms. The zero-order valence-electron chi connectivity index (χ0n) is 24.1. The SMILES string of the molecule is CCc1c(NC[C@H](NCc2ccc3ccccc3c2)C(=O)O)ncnc1N1CCC(c2ccc3c(n2)NCCC3)CC1. The molecule has 2 aromatic heterocycles. The molecule has 42 heavy (non-hydrogen) atoms. The fourth-order valence-corrected chi connectivity index (χ4v) is 6.15. The van der Waals surface area contributed by atoms with Crippen LogP contribution in [0.3, 0.4) is 0 Å². The molecule has 0 amide bonds. The number of carboxylic acids is 1.